The highest BCUT2D eigenvalue weighted by atomic mass is 16.5. The Morgan fingerprint density at radius 1 is 1.83 bits per heavy atom. The van der Waals surface area contributed by atoms with Crippen molar-refractivity contribution in [2.24, 2.45) is 10.8 Å². The molecule has 2 N–H and O–H groups in total. The summed E-state index contributed by atoms with van der Waals surface area (Å²) in [6.07, 6.45) is 0. The van der Waals surface area contributed by atoms with Crippen molar-refractivity contribution in [1.82, 2.24) is 10.1 Å². The number of azide groups is 1. The summed E-state index contributed by atoms with van der Waals surface area (Å²) in [7, 11) is 0. The SMILES string of the molecule is [N-]=[N+]=NCc1noc(C(N)=O)n1. The van der Waals surface area contributed by atoms with Crippen molar-refractivity contribution in [1.29, 1.82) is 0 Å². The Balaban J connectivity index is 2.77. The van der Waals surface area contributed by atoms with Gasteiger partial charge in [0.05, 0.1) is 6.54 Å². The fourth-order valence-electron chi connectivity index (χ4n) is 0.513. The Hall–Kier alpha value is -2.08. The summed E-state index contributed by atoms with van der Waals surface area (Å²) in [5.41, 5.74) is 12.7. The zero-order valence-electron chi connectivity index (χ0n) is 5.84. The van der Waals surface area contributed by atoms with Crippen molar-refractivity contribution in [3.63, 3.8) is 0 Å². The quantitative estimate of drug-likeness (QED) is 0.385. The highest BCUT2D eigenvalue weighted by Gasteiger charge is 2.09. The van der Waals surface area contributed by atoms with Gasteiger partial charge in [-0.3, -0.25) is 4.79 Å². The Labute approximate surface area is 66.0 Å². The maximum atomic E-state index is 10.4. The fraction of sp³-hybridized carbons (Fsp3) is 0.250. The van der Waals surface area contributed by atoms with Gasteiger partial charge in [-0.2, -0.15) is 4.98 Å². The molecule has 1 aromatic heterocycles. The number of primary amides is 1. The fourth-order valence-corrected chi connectivity index (χ4v) is 0.513. The first-order chi connectivity index (χ1) is 5.74. The van der Waals surface area contributed by atoms with Crippen molar-refractivity contribution < 1.29 is 9.32 Å². The van der Waals surface area contributed by atoms with Gasteiger partial charge < -0.3 is 10.3 Å². The Kier molecular flexibility index (Phi) is 2.24. The Bertz CT molecular complexity index is 337. The lowest BCUT2D eigenvalue weighted by Crippen LogP contribution is -2.11. The molecular formula is C4H4N6O2. The van der Waals surface area contributed by atoms with Crippen LogP contribution in [0.15, 0.2) is 9.64 Å². The third kappa shape index (κ3) is 1.70. The van der Waals surface area contributed by atoms with Crippen LogP contribution in [0.2, 0.25) is 0 Å². The van der Waals surface area contributed by atoms with Crippen LogP contribution in [0, 0.1) is 0 Å². The summed E-state index contributed by atoms with van der Waals surface area (Å²) in [4.78, 5) is 16.4. The molecule has 1 rings (SSSR count). The van der Waals surface area contributed by atoms with E-state index in [0.717, 1.165) is 0 Å². The Morgan fingerprint density at radius 2 is 2.58 bits per heavy atom. The van der Waals surface area contributed by atoms with E-state index in [1.165, 1.54) is 0 Å². The molecule has 0 saturated heterocycles. The van der Waals surface area contributed by atoms with Crippen molar-refractivity contribution in [2.75, 3.05) is 0 Å². The average molecular weight is 168 g/mol. The molecule has 0 aliphatic rings. The zero-order valence-corrected chi connectivity index (χ0v) is 5.84. The van der Waals surface area contributed by atoms with Crippen molar-refractivity contribution in [2.45, 2.75) is 6.54 Å². The number of amides is 1. The molecule has 0 saturated carbocycles. The molecule has 8 heteroatoms. The van der Waals surface area contributed by atoms with Gasteiger partial charge >= 0.3 is 11.8 Å². The predicted molar refractivity (Wildman–Crippen MR) is 35.7 cm³/mol. The minimum atomic E-state index is -0.810. The number of hydrogen-bond acceptors (Lipinski definition) is 5. The van der Waals surface area contributed by atoms with E-state index in [2.05, 4.69) is 24.7 Å². The summed E-state index contributed by atoms with van der Waals surface area (Å²) >= 11 is 0. The normalized spacial score (nSPS) is 9.00. The number of nitrogens with two attached hydrogens (primary N) is 1. The van der Waals surface area contributed by atoms with E-state index >= 15 is 0 Å². The second-order valence-electron chi connectivity index (χ2n) is 1.77. The van der Waals surface area contributed by atoms with Gasteiger partial charge in [-0.1, -0.05) is 10.3 Å². The second kappa shape index (κ2) is 3.35. The maximum Gasteiger partial charge on any atom is 0.315 e. The van der Waals surface area contributed by atoms with Crippen LogP contribution in [0.4, 0.5) is 0 Å². The van der Waals surface area contributed by atoms with Crippen LogP contribution in [-0.2, 0) is 6.54 Å². The number of rotatable bonds is 3. The number of carbonyl (C=O) groups is 1. The van der Waals surface area contributed by atoms with Crippen LogP contribution in [0.5, 0.6) is 0 Å². The van der Waals surface area contributed by atoms with Crippen LogP contribution < -0.4 is 5.73 Å². The Morgan fingerprint density at radius 3 is 3.08 bits per heavy atom. The highest BCUT2D eigenvalue weighted by Crippen LogP contribution is 1.97. The molecule has 0 bridgehead atoms. The van der Waals surface area contributed by atoms with Gasteiger partial charge in [-0.05, 0) is 5.53 Å². The molecule has 1 amide bonds. The minimum absolute atomic E-state index is 0.0622. The lowest BCUT2D eigenvalue weighted by Gasteiger charge is -1.78. The lowest BCUT2D eigenvalue weighted by atomic mass is 10.6. The van der Waals surface area contributed by atoms with Crippen LogP contribution >= 0.6 is 0 Å². The number of nitrogens with zero attached hydrogens (tertiary/aromatic N) is 5. The van der Waals surface area contributed by atoms with Gasteiger partial charge in [-0.25, -0.2) is 0 Å². The topological polar surface area (TPSA) is 131 Å². The molecule has 0 atom stereocenters. The summed E-state index contributed by atoms with van der Waals surface area (Å²) in [6, 6.07) is 0. The van der Waals surface area contributed by atoms with E-state index in [1.807, 2.05) is 0 Å². The first-order valence-electron chi connectivity index (χ1n) is 2.87. The first-order valence-corrected chi connectivity index (χ1v) is 2.87. The van der Waals surface area contributed by atoms with Crippen LogP contribution in [0.25, 0.3) is 10.4 Å². The maximum absolute atomic E-state index is 10.4. The molecule has 0 radical (unpaired) electrons. The molecule has 12 heavy (non-hydrogen) atoms. The van der Waals surface area contributed by atoms with Gasteiger partial charge in [0.1, 0.15) is 0 Å². The molecule has 0 spiro atoms. The number of aromatic nitrogens is 2. The molecule has 62 valence electrons. The first kappa shape index (κ1) is 8.02. The van der Waals surface area contributed by atoms with Gasteiger partial charge in [0, 0.05) is 4.91 Å². The summed E-state index contributed by atoms with van der Waals surface area (Å²) in [6.45, 7) is -0.0622. The van der Waals surface area contributed by atoms with Crippen LogP contribution in [0.1, 0.15) is 16.5 Å². The van der Waals surface area contributed by atoms with E-state index in [-0.39, 0.29) is 18.3 Å². The average Bonchev–Trinajstić information content (AvgIpc) is 2.48. The van der Waals surface area contributed by atoms with Gasteiger partial charge in [0.25, 0.3) is 0 Å². The van der Waals surface area contributed by atoms with Gasteiger partial charge in [-0.15, -0.1) is 0 Å². The van der Waals surface area contributed by atoms with E-state index in [0.29, 0.717) is 0 Å². The second-order valence-corrected chi connectivity index (χ2v) is 1.77. The molecule has 0 aliphatic carbocycles. The van der Waals surface area contributed by atoms with Crippen LogP contribution in [0.3, 0.4) is 0 Å². The third-order valence-electron chi connectivity index (χ3n) is 0.954. The molecule has 1 heterocycles. The third-order valence-corrected chi connectivity index (χ3v) is 0.954. The van der Waals surface area contributed by atoms with Gasteiger partial charge in [0.15, 0.2) is 5.82 Å². The van der Waals surface area contributed by atoms with E-state index in [9.17, 15) is 4.79 Å². The molecule has 0 aliphatic heterocycles. The summed E-state index contributed by atoms with van der Waals surface area (Å²) in [5, 5.41) is 6.48. The van der Waals surface area contributed by atoms with E-state index in [4.69, 9.17) is 11.3 Å². The number of hydrogen-bond donors (Lipinski definition) is 1. The lowest BCUT2D eigenvalue weighted by molar-refractivity contribution is 0.0958. The zero-order chi connectivity index (χ0) is 8.97. The molecule has 0 unspecified atom stereocenters. The summed E-state index contributed by atoms with van der Waals surface area (Å²) in [5.74, 6) is -0.977. The monoisotopic (exact) mass is 168 g/mol. The molecule has 8 nitrogen and oxygen atoms in total. The van der Waals surface area contributed by atoms with E-state index in [1.54, 1.807) is 0 Å². The smallest absolute Gasteiger partial charge is 0.315 e. The van der Waals surface area contributed by atoms with E-state index < -0.39 is 5.91 Å². The standard InChI is InChI=1S/C4H4N6O2/c5-3(11)4-8-2(9-12-4)1-7-10-6/h1H2,(H2,5,11). The van der Waals surface area contributed by atoms with Crippen LogP contribution in [-0.4, -0.2) is 16.0 Å². The molecule has 1 aromatic rings. The minimum Gasteiger partial charge on any atom is -0.361 e. The molecular weight excluding hydrogens is 164 g/mol. The van der Waals surface area contributed by atoms with Gasteiger partial charge in [0.2, 0.25) is 0 Å². The molecule has 0 fully saturated rings. The highest BCUT2D eigenvalue weighted by molar-refractivity contribution is 5.87. The van der Waals surface area contributed by atoms with Crippen molar-refractivity contribution in [3.05, 3.63) is 22.2 Å². The summed E-state index contributed by atoms with van der Waals surface area (Å²) < 4.78 is 4.40. The van der Waals surface area contributed by atoms with Crippen molar-refractivity contribution >= 4 is 5.91 Å². The van der Waals surface area contributed by atoms with Crippen molar-refractivity contribution in [3.8, 4) is 0 Å². The number of carbonyl (C=O) groups excluding carboxylic acids is 1. The molecule has 0 aromatic carbocycles. The largest absolute Gasteiger partial charge is 0.361 e. The predicted octanol–water partition coefficient (Wildman–Crippen LogP) is -0.0212.